The van der Waals surface area contributed by atoms with Gasteiger partial charge in [-0.3, -0.25) is 9.69 Å². The molecular weight excluding hydrogens is 612 g/mol. The quantitative estimate of drug-likeness (QED) is 0.192. The smallest absolute Gasteiger partial charge is 0.344 e. The lowest BCUT2D eigenvalue weighted by molar-refractivity contribution is -0.145. The summed E-state index contributed by atoms with van der Waals surface area (Å²) < 4.78 is 16.9. The molecule has 0 spiro atoms. The van der Waals surface area contributed by atoms with Gasteiger partial charge in [-0.05, 0) is 79.2 Å². The standard InChI is InChI=1S/C30H27BrN2O7S/c1-3-38-24-14-21(23(31)16-25(24)40-18-27(34)39-4-2)15-26-28(35)33(17-19-10-12-20(13-11-19)29(36)37)30(41-26)32-22-8-6-5-7-9-22/h5-16H,3-4,17-18H2,1-2H3,(H,36,37)/b26-15-,32-30?. The summed E-state index contributed by atoms with van der Waals surface area (Å²) in [5.41, 5.74) is 2.28. The molecule has 0 unspecified atom stereocenters. The highest BCUT2D eigenvalue weighted by atomic mass is 79.9. The van der Waals surface area contributed by atoms with E-state index in [1.807, 2.05) is 37.3 Å². The van der Waals surface area contributed by atoms with Crippen LogP contribution in [0, 0.1) is 0 Å². The number of esters is 1. The van der Waals surface area contributed by atoms with Crippen LogP contribution in [0.2, 0.25) is 0 Å². The summed E-state index contributed by atoms with van der Waals surface area (Å²) in [5.74, 6) is -0.990. The summed E-state index contributed by atoms with van der Waals surface area (Å²) in [6, 6.07) is 19.1. The summed E-state index contributed by atoms with van der Waals surface area (Å²) in [4.78, 5) is 43.4. The van der Waals surface area contributed by atoms with E-state index in [1.54, 1.807) is 42.2 Å². The zero-order chi connectivity index (χ0) is 29.4. The first-order valence-electron chi connectivity index (χ1n) is 12.7. The number of hydrogen-bond donors (Lipinski definition) is 1. The first-order valence-corrected chi connectivity index (χ1v) is 14.3. The Morgan fingerprint density at radius 3 is 2.37 bits per heavy atom. The zero-order valence-electron chi connectivity index (χ0n) is 22.3. The third-order valence-electron chi connectivity index (χ3n) is 5.71. The molecule has 1 saturated heterocycles. The van der Waals surface area contributed by atoms with Gasteiger partial charge in [-0.1, -0.05) is 46.3 Å². The summed E-state index contributed by atoms with van der Waals surface area (Å²) in [7, 11) is 0. The van der Waals surface area contributed by atoms with Crippen molar-refractivity contribution in [3.8, 4) is 11.5 Å². The molecule has 41 heavy (non-hydrogen) atoms. The van der Waals surface area contributed by atoms with Crippen molar-refractivity contribution in [2.24, 2.45) is 4.99 Å². The fraction of sp³-hybridized carbons (Fsp3) is 0.200. The van der Waals surface area contributed by atoms with Crippen LogP contribution in [0.5, 0.6) is 11.5 Å². The van der Waals surface area contributed by atoms with Gasteiger partial charge in [-0.25, -0.2) is 14.6 Å². The van der Waals surface area contributed by atoms with E-state index in [0.29, 0.717) is 43.9 Å². The minimum Gasteiger partial charge on any atom is -0.490 e. The first kappa shape index (κ1) is 29.9. The minimum absolute atomic E-state index is 0.166. The number of carboxylic acids is 1. The lowest BCUT2D eigenvalue weighted by Gasteiger charge is -2.16. The molecule has 0 atom stereocenters. The Balaban J connectivity index is 1.66. The number of benzene rings is 3. The van der Waals surface area contributed by atoms with Crippen LogP contribution in [0.3, 0.4) is 0 Å². The Labute approximate surface area is 249 Å². The number of hydrogen-bond acceptors (Lipinski definition) is 8. The molecule has 9 nitrogen and oxygen atoms in total. The van der Waals surface area contributed by atoms with Gasteiger partial charge in [-0.15, -0.1) is 0 Å². The lowest BCUT2D eigenvalue weighted by Crippen LogP contribution is -2.28. The van der Waals surface area contributed by atoms with Crippen molar-refractivity contribution in [1.29, 1.82) is 0 Å². The molecule has 1 fully saturated rings. The minimum atomic E-state index is -1.02. The van der Waals surface area contributed by atoms with Gasteiger partial charge in [0.15, 0.2) is 23.3 Å². The molecule has 4 rings (SSSR count). The van der Waals surface area contributed by atoms with Crippen LogP contribution in [0.4, 0.5) is 5.69 Å². The Kier molecular flexibility index (Phi) is 10.2. The third-order valence-corrected chi connectivity index (χ3v) is 7.40. The molecule has 3 aromatic rings. The van der Waals surface area contributed by atoms with E-state index in [-0.39, 0.29) is 31.2 Å². The average molecular weight is 640 g/mol. The largest absolute Gasteiger partial charge is 0.490 e. The van der Waals surface area contributed by atoms with Crippen molar-refractivity contribution in [3.05, 3.63) is 92.8 Å². The van der Waals surface area contributed by atoms with Gasteiger partial charge in [-0.2, -0.15) is 0 Å². The first-order chi connectivity index (χ1) is 19.8. The van der Waals surface area contributed by atoms with Gasteiger partial charge < -0.3 is 19.3 Å². The fourth-order valence-electron chi connectivity index (χ4n) is 3.80. The number of carbonyl (C=O) groups excluding carboxylic acids is 2. The number of ether oxygens (including phenoxy) is 3. The van der Waals surface area contributed by atoms with Crippen LogP contribution in [0.15, 0.2) is 81.1 Å². The number of halogens is 1. The second kappa shape index (κ2) is 14.0. The molecule has 3 aromatic carbocycles. The molecule has 1 heterocycles. The molecule has 1 amide bonds. The molecule has 1 aliphatic rings. The van der Waals surface area contributed by atoms with Gasteiger partial charge >= 0.3 is 11.9 Å². The number of rotatable bonds is 11. The summed E-state index contributed by atoms with van der Waals surface area (Å²) in [6.45, 7) is 4.11. The number of nitrogens with zero attached hydrogens (tertiary/aromatic N) is 2. The maximum atomic E-state index is 13.7. The molecule has 1 aliphatic heterocycles. The number of carbonyl (C=O) groups is 3. The van der Waals surface area contributed by atoms with Gasteiger partial charge in [0.2, 0.25) is 0 Å². The highest BCUT2D eigenvalue weighted by molar-refractivity contribution is 9.10. The highest BCUT2D eigenvalue weighted by Gasteiger charge is 2.34. The van der Waals surface area contributed by atoms with Crippen molar-refractivity contribution >= 4 is 62.5 Å². The normalized spacial score (nSPS) is 14.9. The number of amidine groups is 1. The molecule has 11 heteroatoms. The zero-order valence-corrected chi connectivity index (χ0v) is 24.7. The van der Waals surface area contributed by atoms with Crippen LogP contribution >= 0.6 is 27.7 Å². The summed E-state index contributed by atoms with van der Waals surface area (Å²) >= 11 is 4.78. The van der Waals surface area contributed by atoms with E-state index in [9.17, 15) is 19.5 Å². The Morgan fingerprint density at radius 1 is 1.00 bits per heavy atom. The van der Waals surface area contributed by atoms with E-state index in [1.165, 1.54) is 23.9 Å². The maximum absolute atomic E-state index is 13.7. The van der Waals surface area contributed by atoms with Gasteiger partial charge in [0.25, 0.3) is 5.91 Å². The van der Waals surface area contributed by atoms with Gasteiger partial charge in [0.05, 0.1) is 35.9 Å². The molecule has 1 N–H and O–H groups in total. The van der Waals surface area contributed by atoms with Crippen LogP contribution < -0.4 is 9.47 Å². The topological polar surface area (TPSA) is 115 Å². The van der Waals surface area contributed by atoms with Crippen molar-refractivity contribution in [2.45, 2.75) is 20.4 Å². The van der Waals surface area contributed by atoms with Crippen LogP contribution in [-0.2, 0) is 20.9 Å². The SMILES string of the molecule is CCOC(=O)COc1cc(Br)c(/C=C2\SC(=Nc3ccccc3)N(Cc3ccc(C(=O)O)cc3)C2=O)cc1OCC. The van der Waals surface area contributed by atoms with Crippen molar-refractivity contribution in [3.63, 3.8) is 0 Å². The predicted molar refractivity (Wildman–Crippen MR) is 160 cm³/mol. The second-order valence-corrected chi connectivity index (χ2v) is 10.4. The van der Waals surface area contributed by atoms with Gasteiger partial charge in [0, 0.05) is 4.47 Å². The van der Waals surface area contributed by atoms with E-state index in [0.717, 1.165) is 5.56 Å². The van der Waals surface area contributed by atoms with Crippen molar-refractivity contribution < 1.29 is 33.7 Å². The lowest BCUT2D eigenvalue weighted by atomic mass is 10.1. The Morgan fingerprint density at radius 2 is 1.71 bits per heavy atom. The molecule has 0 radical (unpaired) electrons. The molecule has 0 aromatic heterocycles. The highest BCUT2D eigenvalue weighted by Crippen LogP contribution is 2.39. The van der Waals surface area contributed by atoms with Gasteiger partial charge in [0.1, 0.15) is 0 Å². The Hall–Kier alpha value is -4.09. The molecule has 0 saturated carbocycles. The fourth-order valence-corrected chi connectivity index (χ4v) is 5.23. The average Bonchev–Trinajstić information content (AvgIpc) is 3.23. The third kappa shape index (κ3) is 7.77. The molecule has 212 valence electrons. The van der Waals surface area contributed by atoms with E-state index >= 15 is 0 Å². The predicted octanol–water partition coefficient (Wildman–Crippen LogP) is 6.29. The Bertz CT molecular complexity index is 1490. The van der Waals surface area contributed by atoms with E-state index in [4.69, 9.17) is 19.2 Å². The molecule has 0 bridgehead atoms. The number of aromatic carboxylic acids is 1. The van der Waals surface area contributed by atoms with Crippen LogP contribution in [0.25, 0.3) is 6.08 Å². The monoisotopic (exact) mass is 638 g/mol. The number of aliphatic imine (C=N–C) groups is 1. The number of thioether (sulfide) groups is 1. The number of para-hydroxylation sites is 1. The summed E-state index contributed by atoms with van der Waals surface area (Å²) in [6.07, 6.45) is 1.74. The van der Waals surface area contributed by atoms with E-state index < -0.39 is 11.9 Å². The molecule has 0 aliphatic carbocycles. The van der Waals surface area contributed by atoms with Crippen molar-refractivity contribution in [1.82, 2.24) is 4.90 Å². The second-order valence-electron chi connectivity index (χ2n) is 8.58. The maximum Gasteiger partial charge on any atom is 0.344 e. The summed E-state index contributed by atoms with van der Waals surface area (Å²) in [5, 5.41) is 9.71. The number of carboxylic acid groups (broad SMARTS) is 1. The number of amides is 1. The van der Waals surface area contributed by atoms with Crippen molar-refractivity contribution in [2.75, 3.05) is 19.8 Å². The van der Waals surface area contributed by atoms with Crippen LogP contribution in [-0.4, -0.2) is 52.8 Å². The van der Waals surface area contributed by atoms with Crippen LogP contribution in [0.1, 0.15) is 35.3 Å². The molecular formula is C30H27BrN2O7S. The van der Waals surface area contributed by atoms with E-state index in [2.05, 4.69) is 15.9 Å².